The zero-order chi connectivity index (χ0) is 10.8. The molecule has 0 saturated carbocycles. The van der Waals surface area contributed by atoms with Crippen molar-refractivity contribution in [3.8, 4) is 0 Å². The van der Waals surface area contributed by atoms with Crippen LogP contribution in [-0.2, 0) is 0 Å². The lowest BCUT2D eigenvalue weighted by molar-refractivity contribution is 0.499. The number of nitrogens with zero attached hydrogens (tertiary/aromatic N) is 1. The monoisotopic (exact) mass is 272 g/mol. The Morgan fingerprint density at radius 1 is 1.53 bits per heavy atom. The van der Waals surface area contributed by atoms with E-state index in [9.17, 15) is 4.39 Å². The molecule has 0 radical (unpaired) electrons. The molecule has 4 heteroatoms. The Morgan fingerprint density at radius 3 is 3.00 bits per heavy atom. The van der Waals surface area contributed by atoms with Crippen molar-refractivity contribution in [2.45, 2.75) is 13.0 Å². The van der Waals surface area contributed by atoms with Gasteiger partial charge in [-0.25, -0.2) is 4.39 Å². The van der Waals surface area contributed by atoms with Crippen LogP contribution in [0.15, 0.2) is 22.7 Å². The topological polar surface area (TPSA) is 15.3 Å². The fourth-order valence-corrected chi connectivity index (χ4v) is 2.13. The van der Waals surface area contributed by atoms with E-state index in [1.54, 1.807) is 12.1 Å². The second kappa shape index (κ2) is 4.49. The Balaban J connectivity index is 2.24. The van der Waals surface area contributed by atoms with Gasteiger partial charge < -0.3 is 10.2 Å². The van der Waals surface area contributed by atoms with Gasteiger partial charge in [0.2, 0.25) is 0 Å². The quantitative estimate of drug-likeness (QED) is 0.845. The Bertz CT molecular complexity index is 356. The molecule has 82 valence electrons. The molecule has 2 rings (SSSR count). The zero-order valence-electron chi connectivity index (χ0n) is 8.63. The average Bonchev–Trinajstić information content (AvgIpc) is 2.23. The number of halogens is 2. The van der Waals surface area contributed by atoms with E-state index < -0.39 is 0 Å². The fourth-order valence-electron chi connectivity index (χ4n) is 1.89. The van der Waals surface area contributed by atoms with Gasteiger partial charge in [0.25, 0.3) is 0 Å². The summed E-state index contributed by atoms with van der Waals surface area (Å²) in [5, 5.41) is 3.32. The normalized spacial score (nSPS) is 21.8. The number of benzene rings is 1. The predicted molar refractivity (Wildman–Crippen MR) is 63.8 cm³/mol. The molecule has 0 amide bonds. The maximum Gasteiger partial charge on any atom is 0.139 e. The summed E-state index contributed by atoms with van der Waals surface area (Å²) in [6.07, 6.45) is 0. The van der Waals surface area contributed by atoms with Crippen molar-refractivity contribution in [1.82, 2.24) is 5.32 Å². The minimum absolute atomic E-state index is 0.196. The molecule has 0 bridgehead atoms. The Morgan fingerprint density at radius 2 is 2.33 bits per heavy atom. The summed E-state index contributed by atoms with van der Waals surface area (Å²) in [4.78, 5) is 2.23. The molecule has 1 aromatic carbocycles. The van der Waals surface area contributed by atoms with Crippen molar-refractivity contribution < 1.29 is 4.39 Å². The van der Waals surface area contributed by atoms with Crippen LogP contribution in [0.1, 0.15) is 6.92 Å². The molecule has 1 heterocycles. The van der Waals surface area contributed by atoms with Crippen molar-refractivity contribution in [2.75, 3.05) is 24.5 Å². The Hall–Kier alpha value is -0.610. The number of hydrogen-bond donors (Lipinski definition) is 1. The Kier molecular flexibility index (Phi) is 3.26. The fraction of sp³-hybridized carbons (Fsp3) is 0.455. The number of hydrogen-bond acceptors (Lipinski definition) is 2. The van der Waals surface area contributed by atoms with Crippen LogP contribution >= 0.6 is 15.9 Å². The number of nitrogens with one attached hydrogen (secondary N) is 1. The van der Waals surface area contributed by atoms with Gasteiger partial charge in [-0.1, -0.05) is 0 Å². The lowest BCUT2D eigenvalue weighted by Crippen LogP contribution is -2.49. The molecule has 1 aliphatic rings. The van der Waals surface area contributed by atoms with E-state index in [0.29, 0.717) is 10.5 Å². The van der Waals surface area contributed by atoms with Gasteiger partial charge in [0.1, 0.15) is 5.82 Å². The molecular weight excluding hydrogens is 259 g/mol. The first-order valence-electron chi connectivity index (χ1n) is 5.11. The van der Waals surface area contributed by atoms with E-state index in [1.807, 2.05) is 6.07 Å². The van der Waals surface area contributed by atoms with Crippen molar-refractivity contribution in [3.05, 3.63) is 28.5 Å². The standard InChI is InChI=1S/C11H14BrFN2/c1-8-7-14-4-5-15(8)9-2-3-10(12)11(13)6-9/h2-3,6,8,14H,4-5,7H2,1H3. The second-order valence-electron chi connectivity index (χ2n) is 3.84. The molecule has 1 unspecified atom stereocenters. The summed E-state index contributed by atoms with van der Waals surface area (Å²) in [5.41, 5.74) is 0.963. The third kappa shape index (κ3) is 2.32. The highest BCUT2D eigenvalue weighted by Crippen LogP contribution is 2.24. The highest BCUT2D eigenvalue weighted by atomic mass is 79.9. The van der Waals surface area contributed by atoms with Gasteiger partial charge in [0.05, 0.1) is 4.47 Å². The second-order valence-corrected chi connectivity index (χ2v) is 4.70. The van der Waals surface area contributed by atoms with Gasteiger partial charge >= 0.3 is 0 Å². The third-order valence-corrected chi connectivity index (χ3v) is 3.38. The number of rotatable bonds is 1. The van der Waals surface area contributed by atoms with Gasteiger partial charge in [-0.15, -0.1) is 0 Å². The molecule has 15 heavy (non-hydrogen) atoms. The molecule has 1 atom stereocenters. The van der Waals surface area contributed by atoms with Crippen molar-refractivity contribution in [1.29, 1.82) is 0 Å². The van der Waals surface area contributed by atoms with Crippen LogP contribution in [0.3, 0.4) is 0 Å². The van der Waals surface area contributed by atoms with Gasteiger partial charge in [-0.05, 0) is 41.1 Å². The molecular formula is C11H14BrFN2. The predicted octanol–water partition coefficient (Wildman–Crippen LogP) is 2.39. The molecule has 1 aromatic rings. The van der Waals surface area contributed by atoms with E-state index in [2.05, 4.69) is 33.1 Å². The van der Waals surface area contributed by atoms with Crippen molar-refractivity contribution in [2.24, 2.45) is 0 Å². The minimum Gasteiger partial charge on any atom is -0.366 e. The van der Waals surface area contributed by atoms with Crippen LogP contribution in [-0.4, -0.2) is 25.7 Å². The van der Waals surface area contributed by atoms with E-state index in [1.165, 1.54) is 0 Å². The molecule has 0 aliphatic carbocycles. The summed E-state index contributed by atoms with van der Waals surface area (Å²) in [7, 11) is 0. The van der Waals surface area contributed by atoms with Gasteiger partial charge in [-0.2, -0.15) is 0 Å². The SMILES string of the molecule is CC1CNCCN1c1ccc(Br)c(F)c1. The van der Waals surface area contributed by atoms with E-state index >= 15 is 0 Å². The Labute approximate surface area is 97.6 Å². The first-order chi connectivity index (χ1) is 7.18. The zero-order valence-corrected chi connectivity index (χ0v) is 10.2. The lowest BCUT2D eigenvalue weighted by atomic mass is 10.2. The highest BCUT2D eigenvalue weighted by Gasteiger charge is 2.18. The smallest absolute Gasteiger partial charge is 0.139 e. The lowest BCUT2D eigenvalue weighted by Gasteiger charge is -2.35. The van der Waals surface area contributed by atoms with Gasteiger partial charge in [-0.3, -0.25) is 0 Å². The molecule has 1 fully saturated rings. The van der Waals surface area contributed by atoms with Crippen LogP contribution in [0, 0.1) is 5.82 Å². The maximum absolute atomic E-state index is 13.4. The number of piperazine rings is 1. The van der Waals surface area contributed by atoms with Crippen LogP contribution in [0.25, 0.3) is 0 Å². The molecule has 0 aromatic heterocycles. The summed E-state index contributed by atoms with van der Waals surface area (Å²) in [6.45, 7) is 4.99. The average molecular weight is 273 g/mol. The number of anilines is 1. The highest BCUT2D eigenvalue weighted by molar-refractivity contribution is 9.10. The summed E-state index contributed by atoms with van der Waals surface area (Å²) in [6, 6.07) is 5.72. The molecule has 1 N–H and O–H groups in total. The van der Waals surface area contributed by atoms with Crippen molar-refractivity contribution >= 4 is 21.6 Å². The first-order valence-corrected chi connectivity index (χ1v) is 5.90. The van der Waals surface area contributed by atoms with Crippen molar-refractivity contribution in [3.63, 3.8) is 0 Å². The van der Waals surface area contributed by atoms with Crippen LogP contribution in [0.2, 0.25) is 0 Å². The van der Waals surface area contributed by atoms with E-state index in [0.717, 1.165) is 25.3 Å². The van der Waals surface area contributed by atoms with Crippen LogP contribution < -0.4 is 10.2 Å². The summed E-state index contributed by atoms with van der Waals surface area (Å²) >= 11 is 3.16. The molecule has 1 aliphatic heterocycles. The van der Waals surface area contributed by atoms with E-state index in [4.69, 9.17) is 0 Å². The minimum atomic E-state index is -0.196. The third-order valence-electron chi connectivity index (χ3n) is 2.74. The molecule has 1 saturated heterocycles. The molecule has 2 nitrogen and oxygen atoms in total. The van der Waals surface area contributed by atoms with E-state index in [-0.39, 0.29) is 5.82 Å². The first kappa shape index (κ1) is 10.9. The maximum atomic E-state index is 13.4. The summed E-state index contributed by atoms with van der Waals surface area (Å²) in [5.74, 6) is -0.196. The van der Waals surface area contributed by atoms with Gasteiger partial charge in [0.15, 0.2) is 0 Å². The summed E-state index contributed by atoms with van der Waals surface area (Å²) < 4.78 is 13.9. The molecule has 0 spiro atoms. The largest absolute Gasteiger partial charge is 0.366 e. The van der Waals surface area contributed by atoms with Crippen LogP contribution in [0.4, 0.5) is 10.1 Å². The van der Waals surface area contributed by atoms with Gasteiger partial charge in [0, 0.05) is 31.4 Å². The van der Waals surface area contributed by atoms with Crippen LogP contribution in [0.5, 0.6) is 0 Å².